The Labute approximate surface area is 163 Å². The van der Waals surface area contributed by atoms with Crippen molar-refractivity contribution in [3.63, 3.8) is 0 Å². The third kappa shape index (κ3) is 4.26. The molecule has 27 heavy (non-hydrogen) atoms. The van der Waals surface area contributed by atoms with E-state index in [0.717, 1.165) is 21.2 Å². The van der Waals surface area contributed by atoms with E-state index in [1.54, 1.807) is 16.3 Å². The highest BCUT2D eigenvalue weighted by molar-refractivity contribution is 7.91. The van der Waals surface area contributed by atoms with Crippen molar-refractivity contribution in [2.24, 2.45) is 0 Å². The lowest BCUT2D eigenvalue weighted by Gasteiger charge is -2.26. The zero-order chi connectivity index (χ0) is 19.4. The zero-order valence-electron chi connectivity index (χ0n) is 15.3. The number of ether oxygens (including phenoxy) is 2. The van der Waals surface area contributed by atoms with Crippen molar-refractivity contribution in [3.8, 4) is 11.5 Å². The van der Waals surface area contributed by atoms with Gasteiger partial charge in [0.05, 0.1) is 6.54 Å². The third-order valence-electron chi connectivity index (χ3n) is 4.26. The fourth-order valence-electron chi connectivity index (χ4n) is 2.78. The van der Waals surface area contributed by atoms with Crippen molar-refractivity contribution in [1.29, 1.82) is 0 Å². The number of amides is 1. The number of fused-ring (bicyclic) bond motifs is 1. The van der Waals surface area contributed by atoms with E-state index in [4.69, 9.17) is 9.47 Å². The summed E-state index contributed by atoms with van der Waals surface area (Å²) in [5.74, 6) is 1.05. The number of hydrogen-bond donors (Lipinski definition) is 0. The maximum absolute atomic E-state index is 12.7. The van der Waals surface area contributed by atoms with Crippen molar-refractivity contribution in [2.45, 2.75) is 17.7 Å². The van der Waals surface area contributed by atoms with E-state index in [1.165, 1.54) is 13.1 Å². The van der Waals surface area contributed by atoms with Gasteiger partial charge in [0.25, 0.3) is 10.0 Å². The molecule has 1 aliphatic rings. The number of para-hydroxylation sites is 1. The second kappa shape index (κ2) is 8.28. The standard InChI is InChI=1S/C18H22N2O5S2/c1-3-20(12-14-6-4-7-15-18(14)25-10-9-24-15)16(21)13-19(2)27(22,23)17-8-5-11-26-17/h4-8,11H,3,9-10,12-13H2,1-2H3. The summed E-state index contributed by atoms with van der Waals surface area (Å²) >= 11 is 1.13. The lowest BCUT2D eigenvalue weighted by Crippen LogP contribution is -2.40. The second-order valence-corrected chi connectivity index (χ2v) is 9.26. The molecule has 2 heterocycles. The number of carbonyl (C=O) groups is 1. The quantitative estimate of drug-likeness (QED) is 0.699. The van der Waals surface area contributed by atoms with E-state index >= 15 is 0 Å². The summed E-state index contributed by atoms with van der Waals surface area (Å²) in [6.45, 7) is 3.38. The Morgan fingerprint density at radius 1 is 1.19 bits per heavy atom. The number of sulfonamides is 1. The van der Waals surface area contributed by atoms with Crippen LogP contribution >= 0.6 is 11.3 Å². The second-order valence-electron chi connectivity index (χ2n) is 6.04. The molecular formula is C18H22N2O5S2. The van der Waals surface area contributed by atoms with Gasteiger partial charge < -0.3 is 14.4 Å². The number of hydrogen-bond acceptors (Lipinski definition) is 6. The molecule has 1 amide bonds. The molecule has 0 saturated heterocycles. The van der Waals surface area contributed by atoms with E-state index in [9.17, 15) is 13.2 Å². The molecule has 3 rings (SSSR count). The lowest BCUT2D eigenvalue weighted by atomic mass is 10.1. The zero-order valence-corrected chi connectivity index (χ0v) is 16.9. The van der Waals surface area contributed by atoms with Crippen LogP contribution in [-0.4, -0.2) is 56.9 Å². The summed E-state index contributed by atoms with van der Waals surface area (Å²) in [6.07, 6.45) is 0. The molecule has 2 aromatic rings. The van der Waals surface area contributed by atoms with Gasteiger partial charge >= 0.3 is 0 Å². The van der Waals surface area contributed by atoms with E-state index in [0.29, 0.717) is 37.8 Å². The van der Waals surface area contributed by atoms with E-state index in [-0.39, 0.29) is 16.7 Å². The van der Waals surface area contributed by atoms with Gasteiger partial charge in [0, 0.05) is 25.7 Å². The number of thiophene rings is 1. The lowest BCUT2D eigenvalue weighted by molar-refractivity contribution is -0.131. The van der Waals surface area contributed by atoms with Crippen LogP contribution in [0.5, 0.6) is 11.5 Å². The highest BCUT2D eigenvalue weighted by atomic mass is 32.2. The Kier molecular flexibility index (Phi) is 6.03. The first-order chi connectivity index (χ1) is 12.9. The maximum Gasteiger partial charge on any atom is 0.252 e. The normalized spacial score (nSPS) is 13.6. The summed E-state index contributed by atoms with van der Waals surface area (Å²) < 4.78 is 37.6. The van der Waals surface area contributed by atoms with Crippen LogP contribution in [0.1, 0.15) is 12.5 Å². The van der Waals surface area contributed by atoms with Crippen LogP contribution in [0, 0.1) is 0 Å². The first-order valence-electron chi connectivity index (χ1n) is 8.58. The molecule has 1 aromatic heterocycles. The summed E-state index contributed by atoms with van der Waals surface area (Å²) in [4.78, 5) is 14.3. The number of rotatable bonds is 7. The first-order valence-corrected chi connectivity index (χ1v) is 10.9. The molecule has 0 N–H and O–H groups in total. The molecule has 0 bridgehead atoms. The van der Waals surface area contributed by atoms with Gasteiger partial charge in [-0.1, -0.05) is 18.2 Å². The minimum absolute atomic E-state index is 0.222. The average Bonchev–Trinajstić information content (AvgIpc) is 3.21. The summed E-state index contributed by atoms with van der Waals surface area (Å²) in [5, 5.41) is 1.70. The summed E-state index contributed by atoms with van der Waals surface area (Å²) in [7, 11) is -2.24. The van der Waals surface area contributed by atoms with Crippen LogP contribution in [0.15, 0.2) is 39.9 Å². The Morgan fingerprint density at radius 3 is 2.67 bits per heavy atom. The van der Waals surface area contributed by atoms with E-state index < -0.39 is 10.0 Å². The first kappa shape index (κ1) is 19.7. The van der Waals surface area contributed by atoms with Gasteiger partial charge in [0.1, 0.15) is 17.4 Å². The van der Waals surface area contributed by atoms with E-state index in [2.05, 4.69) is 0 Å². The van der Waals surface area contributed by atoms with Crippen molar-refractivity contribution in [2.75, 3.05) is 33.4 Å². The van der Waals surface area contributed by atoms with Crippen LogP contribution in [0.2, 0.25) is 0 Å². The molecule has 0 spiro atoms. The highest BCUT2D eigenvalue weighted by Crippen LogP contribution is 2.34. The summed E-state index contributed by atoms with van der Waals surface area (Å²) in [5.41, 5.74) is 0.839. The van der Waals surface area contributed by atoms with Crippen molar-refractivity contribution in [3.05, 3.63) is 41.3 Å². The Bertz CT molecular complexity index is 896. The van der Waals surface area contributed by atoms with Crippen molar-refractivity contribution in [1.82, 2.24) is 9.21 Å². The molecule has 9 heteroatoms. The molecule has 0 aliphatic carbocycles. The molecule has 7 nitrogen and oxygen atoms in total. The SMILES string of the molecule is CCN(Cc1cccc2c1OCCO2)C(=O)CN(C)S(=O)(=O)c1cccs1. The molecule has 146 valence electrons. The smallest absolute Gasteiger partial charge is 0.252 e. The Hall–Kier alpha value is -2.10. The monoisotopic (exact) mass is 410 g/mol. The Balaban J connectivity index is 1.72. The number of carbonyl (C=O) groups excluding carboxylic acids is 1. The molecule has 0 fully saturated rings. The van der Waals surface area contributed by atoms with Crippen molar-refractivity contribution < 1.29 is 22.7 Å². The van der Waals surface area contributed by atoms with E-state index in [1.807, 2.05) is 25.1 Å². The molecule has 0 unspecified atom stereocenters. The predicted molar refractivity (Wildman–Crippen MR) is 103 cm³/mol. The molecule has 0 atom stereocenters. The van der Waals surface area contributed by atoms with Gasteiger partial charge in [0.15, 0.2) is 11.5 Å². The van der Waals surface area contributed by atoms with Gasteiger partial charge in [0.2, 0.25) is 5.91 Å². The largest absolute Gasteiger partial charge is 0.486 e. The van der Waals surface area contributed by atoms with Gasteiger partial charge in [-0.25, -0.2) is 8.42 Å². The van der Waals surface area contributed by atoms with Crippen LogP contribution in [0.3, 0.4) is 0 Å². The number of likely N-dealkylation sites (N-methyl/N-ethyl adjacent to an activating group) is 2. The fourth-order valence-corrected chi connectivity index (χ4v) is 5.10. The topological polar surface area (TPSA) is 76.2 Å². The third-order valence-corrected chi connectivity index (χ3v) is 7.44. The molecule has 1 aliphatic heterocycles. The minimum Gasteiger partial charge on any atom is -0.486 e. The molecule has 0 saturated carbocycles. The maximum atomic E-state index is 12.7. The average molecular weight is 411 g/mol. The molecule has 0 radical (unpaired) electrons. The Morgan fingerprint density at radius 2 is 1.96 bits per heavy atom. The van der Waals surface area contributed by atoms with Crippen molar-refractivity contribution >= 4 is 27.3 Å². The number of benzene rings is 1. The van der Waals surface area contributed by atoms with Crippen LogP contribution in [0.4, 0.5) is 0 Å². The molecule has 1 aromatic carbocycles. The van der Waals surface area contributed by atoms with Crippen LogP contribution in [0.25, 0.3) is 0 Å². The van der Waals surface area contributed by atoms with Gasteiger partial charge in [-0.3, -0.25) is 4.79 Å². The molecular weight excluding hydrogens is 388 g/mol. The predicted octanol–water partition coefficient (Wildman–Crippen LogP) is 2.19. The highest BCUT2D eigenvalue weighted by Gasteiger charge is 2.26. The minimum atomic E-state index is -3.66. The van der Waals surface area contributed by atoms with Gasteiger partial charge in [-0.2, -0.15) is 4.31 Å². The van der Waals surface area contributed by atoms with Gasteiger partial charge in [-0.05, 0) is 24.4 Å². The fraction of sp³-hybridized carbons (Fsp3) is 0.389. The number of nitrogens with zero attached hydrogens (tertiary/aromatic N) is 2. The summed E-state index contributed by atoms with van der Waals surface area (Å²) in [6, 6.07) is 8.78. The van der Waals surface area contributed by atoms with Crippen LogP contribution in [-0.2, 0) is 21.4 Å². The van der Waals surface area contributed by atoms with Gasteiger partial charge in [-0.15, -0.1) is 11.3 Å². The van der Waals surface area contributed by atoms with Crippen LogP contribution < -0.4 is 9.47 Å².